The highest BCUT2D eigenvalue weighted by Gasteiger charge is 2.23. The third-order valence-electron chi connectivity index (χ3n) is 3.87. The minimum absolute atomic E-state index is 0.405. The van der Waals surface area contributed by atoms with Gasteiger partial charge in [-0.2, -0.15) is 0 Å². The first-order valence-corrected chi connectivity index (χ1v) is 7.20. The first kappa shape index (κ1) is 14.5. The molecule has 0 aliphatic heterocycles. The van der Waals surface area contributed by atoms with E-state index in [4.69, 9.17) is 4.74 Å². The zero-order valence-electron chi connectivity index (χ0n) is 12.4. The average molecular weight is 270 g/mol. The molecule has 0 saturated carbocycles. The van der Waals surface area contributed by atoms with Crippen LogP contribution in [-0.2, 0) is 0 Å². The largest absolute Gasteiger partial charge is 0.497 e. The lowest BCUT2D eigenvalue weighted by Gasteiger charge is -2.25. The van der Waals surface area contributed by atoms with Crippen LogP contribution in [-0.4, -0.2) is 17.1 Å². The number of nitrogens with zero attached hydrogens (tertiary/aromatic N) is 2. The molecular weight excluding hydrogens is 248 g/mol. The molecule has 2 rings (SSSR count). The van der Waals surface area contributed by atoms with E-state index in [1.54, 1.807) is 19.5 Å². The van der Waals surface area contributed by atoms with E-state index in [0.29, 0.717) is 11.8 Å². The van der Waals surface area contributed by atoms with Crippen LogP contribution in [0.4, 0.5) is 0 Å². The average Bonchev–Trinajstić information content (AvgIpc) is 2.53. The standard InChI is InChI=1S/C17H22N2O/c1-4-15(13-6-8-14(20-3)9-7-13)16(5-2)17-12-18-10-11-19-17/h6-12,15-16H,4-5H2,1-3H3/t15-,16-/m1/s1. The summed E-state index contributed by atoms with van der Waals surface area (Å²) in [4.78, 5) is 8.70. The Morgan fingerprint density at radius 1 is 1.00 bits per heavy atom. The van der Waals surface area contributed by atoms with E-state index < -0.39 is 0 Å². The molecule has 3 heteroatoms. The van der Waals surface area contributed by atoms with Crippen molar-refractivity contribution in [2.75, 3.05) is 7.11 Å². The number of methoxy groups -OCH3 is 1. The van der Waals surface area contributed by atoms with Gasteiger partial charge in [-0.05, 0) is 36.5 Å². The van der Waals surface area contributed by atoms with Crippen molar-refractivity contribution in [1.29, 1.82) is 0 Å². The summed E-state index contributed by atoms with van der Waals surface area (Å²) in [6, 6.07) is 8.38. The van der Waals surface area contributed by atoms with Crippen LogP contribution < -0.4 is 4.74 Å². The minimum atomic E-state index is 0.405. The molecule has 0 fully saturated rings. The Kier molecular flexibility index (Phi) is 5.10. The van der Waals surface area contributed by atoms with Crippen LogP contribution in [0.3, 0.4) is 0 Å². The minimum Gasteiger partial charge on any atom is -0.497 e. The molecule has 2 atom stereocenters. The van der Waals surface area contributed by atoms with E-state index in [9.17, 15) is 0 Å². The van der Waals surface area contributed by atoms with Crippen LogP contribution in [0.25, 0.3) is 0 Å². The van der Waals surface area contributed by atoms with E-state index in [0.717, 1.165) is 24.3 Å². The van der Waals surface area contributed by atoms with Gasteiger partial charge in [-0.1, -0.05) is 26.0 Å². The fourth-order valence-electron chi connectivity index (χ4n) is 2.81. The molecule has 106 valence electrons. The Morgan fingerprint density at radius 2 is 1.70 bits per heavy atom. The molecule has 2 aromatic rings. The van der Waals surface area contributed by atoms with Crippen molar-refractivity contribution in [3.8, 4) is 5.75 Å². The van der Waals surface area contributed by atoms with Gasteiger partial charge in [0, 0.05) is 24.5 Å². The molecule has 1 aromatic heterocycles. The molecule has 0 radical (unpaired) electrons. The van der Waals surface area contributed by atoms with Crippen LogP contribution in [0.1, 0.15) is 49.8 Å². The normalized spacial score (nSPS) is 13.8. The van der Waals surface area contributed by atoms with Crippen LogP contribution in [0.5, 0.6) is 5.75 Å². The maximum absolute atomic E-state index is 5.23. The third kappa shape index (κ3) is 3.16. The fraction of sp³-hybridized carbons (Fsp3) is 0.412. The number of rotatable bonds is 6. The van der Waals surface area contributed by atoms with Crippen molar-refractivity contribution < 1.29 is 4.74 Å². The molecule has 20 heavy (non-hydrogen) atoms. The van der Waals surface area contributed by atoms with Gasteiger partial charge in [0.25, 0.3) is 0 Å². The van der Waals surface area contributed by atoms with E-state index >= 15 is 0 Å². The van der Waals surface area contributed by atoms with Crippen molar-refractivity contribution in [3.63, 3.8) is 0 Å². The van der Waals surface area contributed by atoms with Crippen molar-refractivity contribution in [1.82, 2.24) is 9.97 Å². The van der Waals surface area contributed by atoms with Gasteiger partial charge < -0.3 is 4.74 Å². The molecular formula is C17H22N2O. The van der Waals surface area contributed by atoms with Gasteiger partial charge in [0.15, 0.2) is 0 Å². The highest BCUT2D eigenvalue weighted by atomic mass is 16.5. The van der Waals surface area contributed by atoms with E-state index in [-0.39, 0.29) is 0 Å². The lowest BCUT2D eigenvalue weighted by atomic mass is 9.80. The summed E-state index contributed by atoms with van der Waals surface area (Å²) in [6.07, 6.45) is 7.54. The molecule has 0 saturated heterocycles. The van der Waals surface area contributed by atoms with Gasteiger partial charge in [0.1, 0.15) is 5.75 Å². The molecule has 0 bridgehead atoms. The van der Waals surface area contributed by atoms with Crippen LogP contribution >= 0.6 is 0 Å². The Morgan fingerprint density at radius 3 is 2.20 bits per heavy atom. The monoisotopic (exact) mass is 270 g/mol. The summed E-state index contributed by atoms with van der Waals surface area (Å²) >= 11 is 0. The molecule has 1 aromatic carbocycles. The number of ether oxygens (including phenoxy) is 1. The molecule has 0 N–H and O–H groups in total. The zero-order valence-corrected chi connectivity index (χ0v) is 12.4. The van der Waals surface area contributed by atoms with E-state index in [1.165, 1.54) is 5.56 Å². The Bertz CT molecular complexity index is 510. The Labute approximate surface area is 121 Å². The second kappa shape index (κ2) is 7.04. The maximum atomic E-state index is 5.23. The quantitative estimate of drug-likeness (QED) is 0.790. The lowest BCUT2D eigenvalue weighted by molar-refractivity contribution is 0.414. The smallest absolute Gasteiger partial charge is 0.118 e. The number of hydrogen-bond donors (Lipinski definition) is 0. The predicted octanol–water partition coefficient (Wildman–Crippen LogP) is 4.17. The molecule has 0 aliphatic rings. The topological polar surface area (TPSA) is 35.0 Å². The number of hydrogen-bond acceptors (Lipinski definition) is 3. The summed E-state index contributed by atoms with van der Waals surface area (Å²) in [7, 11) is 1.70. The number of aromatic nitrogens is 2. The third-order valence-corrected chi connectivity index (χ3v) is 3.87. The second-order valence-corrected chi connectivity index (χ2v) is 4.93. The van der Waals surface area contributed by atoms with Gasteiger partial charge in [-0.15, -0.1) is 0 Å². The molecule has 0 unspecified atom stereocenters. The fourth-order valence-corrected chi connectivity index (χ4v) is 2.81. The van der Waals surface area contributed by atoms with Crippen molar-refractivity contribution >= 4 is 0 Å². The molecule has 0 spiro atoms. The SMILES string of the molecule is CC[C@H](c1ccc(OC)cc1)[C@@H](CC)c1cnccn1. The van der Waals surface area contributed by atoms with Crippen molar-refractivity contribution in [3.05, 3.63) is 54.1 Å². The summed E-state index contributed by atoms with van der Waals surface area (Å²) < 4.78 is 5.23. The molecule has 3 nitrogen and oxygen atoms in total. The van der Waals surface area contributed by atoms with Gasteiger partial charge >= 0.3 is 0 Å². The summed E-state index contributed by atoms with van der Waals surface area (Å²) in [5.41, 5.74) is 2.42. The molecule has 0 amide bonds. The first-order valence-electron chi connectivity index (χ1n) is 7.20. The van der Waals surface area contributed by atoms with Gasteiger partial charge in [0.05, 0.1) is 12.8 Å². The molecule has 0 aliphatic carbocycles. The Balaban J connectivity index is 2.29. The summed E-state index contributed by atoms with van der Waals surface area (Å²) in [5.74, 6) is 1.76. The van der Waals surface area contributed by atoms with Gasteiger partial charge in [-0.25, -0.2) is 0 Å². The first-order chi connectivity index (χ1) is 9.80. The van der Waals surface area contributed by atoms with E-state index in [2.05, 4.69) is 35.9 Å². The van der Waals surface area contributed by atoms with Gasteiger partial charge in [0.2, 0.25) is 0 Å². The predicted molar refractivity (Wildman–Crippen MR) is 81.1 cm³/mol. The van der Waals surface area contributed by atoms with Crippen molar-refractivity contribution in [2.45, 2.75) is 38.5 Å². The van der Waals surface area contributed by atoms with E-state index in [1.807, 2.05) is 18.3 Å². The highest BCUT2D eigenvalue weighted by molar-refractivity contribution is 5.31. The zero-order chi connectivity index (χ0) is 14.4. The van der Waals surface area contributed by atoms with Crippen LogP contribution in [0, 0.1) is 0 Å². The van der Waals surface area contributed by atoms with Gasteiger partial charge in [-0.3, -0.25) is 9.97 Å². The summed E-state index contributed by atoms with van der Waals surface area (Å²) in [5, 5.41) is 0. The summed E-state index contributed by atoms with van der Waals surface area (Å²) in [6.45, 7) is 4.44. The second-order valence-electron chi connectivity index (χ2n) is 4.93. The van der Waals surface area contributed by atoms with Crippen LogP contribution in [0.15, 0.2) is 42.9 Å². The maximum Gasteiger partial charge on any atom is 0.118 e. The highest BCUT2D eigenvalue weighted by Crippen LogP contribution is 2.37. The molecule has 1 heterocycles. The Hall–Kier alpha value is -1.90. The van der Waals surface area contributed by atoms with Crippen molar-refractivity contribution in [2.24, 2.45) is 0 Å². The van der Waals surface area contributed by atoms with Crippen LogP contribution in [0.2, 0.25) is 0 Å². The lowest BCUT2D eigenvalue weighted by Crippen LogP contribution is -2.12. The number of benzene rings is 1.